The first-order chi connectivity index (χ1) is 9.89. The normalized spacial score (nSPS) is 13.4. The van der Waals surface area contributed by atoms with Crippen molar-refractivity contribution in [3.05, 3.63) is 34.4 Å². The number of rotatable bonds is 9. The lowest BCUT2D eigenvalue weighted by molar-refractivity contribution is -0.384. The van der Waals surface area contributed by atoms with Gasteiger partial charge in [-0.2, -0.15) is 0 Å². The molecule has 7 nitrogen and oxygen atoms in total. The van der Waals surface area contributed by atoms with Gasteiger partial charge in [-0.25, -0.2) is 0 Å². The van der Waals surface area contributed by atoms with E-state index in [0.717, 1.165) is 6.42 Å². The van der Waals surface area contributed by atoms with Crippen LogP contribution < -0.4 is 15.8 Å². The fraction of sp³-hybridized carbons (Fsp3) is 0.500. The molecule has 0 spiro atoms. The van der Waals surface area contributed by atoms with Crippen LogP contribution in [0.5, 0.6) is 5.75 Å². The van der Waals surface area contributed by atoms with E-state index >= 15 is 0 Å². The Hall–Kier alpha value is -2.15. The Labute approximate surface area is 123 Å². The lowest BCUT2D eigenvalue weighted by Gasteiger charge is -2.27. The molecule has 21 heavy (non-hydrogen) atoms. The maximum absolute atomic E-state index is 11.5. The van der Waals surface area contributed by atoms with Crippen LogP contribution in [0.25, 0.3) is 0 Å². The van der Waals surface area contributed by atoms with Crippen molar-refractivity contribution in [2.75, 3.05) is 13.2 Å². The van der Waals surface area contributed by atoms with Crippen molar-refractivity contribution in [2.45, 2.75) is 32.2 Å². The Balaban J connectivity index is 2.53. The average Bonchev–Trinajstić information content (AvgIpc) is 2.45. The van der Waals surface area contributed by atoms with E-state index in [2.05, 4.69) is 5.32 Å². The van der Waals surface area contributed by atoms with Gasteiger partial charge in [-0.1, -0.05) is 6.92 Å². The third kappa shape index (κ3) is 5.03. The summed E-state index contributed by atoms with van der Waals surface area (Å²) in [6, 6.07) is 5.80. The van der Waals surface area contributed by atoms with Crippen LogP contribution in [0.15, 0.2) is 24.3 Å². The molecular weight excluding hydrogens is 274 g/mol. The number of nitrogens with one attached hydrogen (secondary N) is 1. The van der Waals surface area contributed by atoms with Gasteiger partial charge < -0.3 is 15.8 Å². The molecule has 116 valence electrons. The van der Waals surface area contributed by atoms with Crippen LogP contribution in [0, 0.1) is 10.1 Å². The molecular formula is C14H21N3O4. The van der Waals surface area contributed by atoms with Crippen LogP contribution in [0.1, 0.15) is 26.7 Å². The predicted octanol–water partition coefficient (Wildman–Crippen LogP) is 1.61. The number of hydrogen-bond donors (Lipinski definition) is 2. The molecule has 1 amide bonds. The molecule has 3 N–H and O–H groups in total. The molecule has 0 aliphatic heterocycles. The number of non-ortho nitro benzene ring substituents is 1. The first-order valence-corrected chi connectivity index (χ1v) is 6.81. The number of hydrogen-bond acceptors (Lipinski definition) is 5. The summed E-state index contributed by atoms with van der Waals surface area (Å²) in [5.74, 6) is 0.0890. The Bertz CT molecular complexity index is 489. The highest BCUT2D eigenvalue weighted by atomic mass is 16.6. The average molecular weight is 295 g/mol. The van der Waals surface area contributed by atoms with Crippen LogP contribution in [-0.4, -0.2) is 29.5 Å². The molecule has 0 heterocycles. The minimum Gasteiger partial charge on any atom is -0.494 e. The second kappa shape index (κ2) is 7.58. The van der Waals surface area contributed by atoms with Gasteiger partial charge in [0.05, 0.1) is 17.1 Å². The Morgan fingerprint density at radius 1 is 1.43 bits per heavy atom. The molecule has 7 heteroatoms. The van der Waals surface area contributed by atoms with Crippen LogP contribution in [0.4, 0.5) is 5.69 Å². The fourth-order valence-corrected chi connectivity index (χ4v) is 1.74. The Morgan fingerprint density at radius 3 is 2.52 bits per heavy atom. The van der Waals surface area contributed by atoms with E-state index < -0.39 is 16.4 Å². The number of primary amides is 1. The number of amides is 1. The summed E-state index contributed by atoms with van der Waals surface area (Å²) in [4.78, 5) is 21.6. The summed E-state index contributed by atoms with van der Waals surface area (Å²) in [6.07, 6.45) is 1.31. The molecule has 0 saturated carbocycles. The van der Waals surface area contributed by atoms with Crippen molar-refractivity contribution in [2.24, 2.45) is 5.73 Å². The summed E-state index contributed by atoms with van der Waals surface area (Å²) < 4.78 is 5.50. The van der Waals surface area contributed by atoms with Gasteiger partial charge in [-0.3, -0.25) is 14.9 Å². The number of nitro benzene ring substituents is 1. The number of nitrogens with two attached hydrogens (primary N) is 1. The molecule has 1 unspecified atom stereocenters. The molecule has 0 fully saturated rings. The highest BCUT2D eigenvalue weighted by Gasteiger charge is 2.29. The molecule has 0 saturated heterocycles. The number of nitrogens with zero attached hydrogens (tertiary/aromatic N) is 1. The van der Waals surface area contributed by atoms with Gasteiger partial charge in [-0.05, 0) is 32.0 Å². The number of carbonyl (C=O) groups is 1. The number of ether oxygens (including phenoxy) is 1. The Kier molecular flexibility index (Phi) is 6.10. The van der Waals surface area contributed by atoms with Gasteiger partial charge in [0.2, 0.25) is 5.91 Å². The summed E-state index contributed by atoms with van der Waals surface area (Å²) in [5.41, 5.74) is 4.60. The maximum Gasteiger partial charge on any atom is 0.269 e. The second-order valence-corrected chi connectivity index (χ2v) is 4.97. The summed E-state index contributed by atoms with van der Waals surface area (Å²) in [6.45, 7) is 4.72. The SMILES string of the molecule is CCCNC(C)(CCOc1ccc([N+](=O)[O-])cc1)C(N)=O. The van der Waals surface area contributed by atoms with Crippen molar-refractivity contribution in [3.8, 4) is 5.75 Å². The van der Waals surface area contributed by atoms with Crippen LogP contribution in [0.3, 0.4) is 0 Å². The van der Waals surface area contributed by atoms with Crippen molar-refractivity contribution in [1.82, 2.24) is 5.32 Å². The summed E-state index contributed by atoms with van der Waals surface area (Å²) >= 11 is 0. The minimum atomic E-state index is -0.823. The highest BCUT2D eigenvalue weighted by Crippen LogP contribution is 2.18. The van der Waals surface area contributed by atoms with E-state index in [1.807, 2.05) is 6.92 Å². The molecule has 1 atom stereocenters. The third-order valence-corrected chi connectivity index (χ3v) is 3.23. The molecule has 0 aliphatic carbocycles. The Morgan fingerprint density at radius 2 is 2.05 bits per heavy atom. The van der Waals surface area contributed by atoms with E-state index in [0.29, 0.717) is 18.7 Å². The van der Waals surface area contributed by atoms with Gasteiger partial charge in [-0.15, -0.1) is 0 Å². The zero-order valence-corrected chi connectivity index (χ0v) is 12.3. The monoisotopic (exact) mass is 295 g/mol. The smallest absolute Gasteiger partial charge is 0.269 e. The highest BCUT2D eigenvalue weighted by molar-refractivity contribution is 5.84. The van der Waals surface area contributed by atoms with Gasteiger partial charge >= 0.3 is 0 Å². The van der Waals surface area contributed by atoms with E-state index in [1.165, 1.54) is 24.3 Å². The minimum absolute atomic E-state index is 0.00827. The zero-order chi connectivity index (χ0) is 15.9. The molecule has 1 aromatic rings. The lowest BCUT2D eigenvalue weighted by atomic mass is 9.97. The van der Waals surface area contributed by atoms with Gasteiger partial charge in [0.1, 0.15) is 5.75 Å². The number of benzene rings is 1. The largest absolute Gasteiger partial charge is 0.494 e. The zero-order valence-electron chi connectivity index (χ0n) is 12.3. The van der Waals surface area contributed by atoms with E-state index in [9.17, 15) is 14.9 Å². The standard InChI is InChI=1S/C14H21N3O4/c1-3-9-16-14(2,13(15)18)8-10-21-12-6-4-11(5-7-12)17(19)20/h4-7,16H,3,8-10H2,1-2H3,(H2,15,18). The second-order valence-electron chi connectivity index (χ2n) is 4.97. The molecule has 0 radical (unpaired) electrons. The molecule has 0 bridgehead atoms. The lowest BCUT2D eigenvalue weighted by Crippen LogP contribution is -2.54. The summed E-state index contributed by atoms with van der Waals surface area (Å²) in [5, 5.41) is 13.6. The molecule has 1 aromatic carbocycles. The first-order valence-electron chi connectivity index (χ1n) is 6.81. The van der Waals surface area contributed by atoms with Crippen molar-refractivity contribution in [3.63, 3.8) is 0 Å². The van der Waals surface area contributed by atoms with Crippen LogP contribution >= 0.6 is 0 Å². The third-order valence-electron chi connectivity index (χ3n) is 3.23. The van der Waals surface area contributed by atoms with Crippen molar-refractivity contribution in [1.29, 1.82) is 0 Å². The summed E-state index contributed by atoms with van der Waals surface area (Å²) in [7, 11) is 0. The van der Waals surface area contributed by atoms with Crippen molar-refractivity contribution >= 4 is 11.6 Å². The quantitative estimate of drug-likeness (QED) is 0.531. The molecule has 0 aliphatic rings. The number of carbonyl (C=O) groups excluding carboxylic acids is 1. The van der Waals surface area contributed by atoms with E-state index in [1.54, 1.807) is 6.92 Å². The number of nitro groups is 1. The van der Waals surface area contributed by atoms with Gasteiger partial charge in [0.25, 0.3) is 5.69 Å². The van der Waals surface area contributed by atoms with Gasteiger partial charge in [0, 0.05) is 18.6 Å². The van der Waals surface area contributed by atoms with Crippen LogP contribution in [-0.2, 0) is 4.79 Å². The topological polar surface area (TPSA) is 107 Å². The molecule has 0 aromatic heterocycles. The van der Waals surface area contributed by atoms with Crippen LogP contribution in [0.2, 0.25) is 0 Å². The van der Waals surface area contributed by atoms with E-state index in [4.69, 9.17) is 10.5 Å². The predicted molar refractivity (Wildman–Crippen MR) is 79.1 cm³/mol. The molecule has 1 rings (SSSR count). The maximum atomic E-state index is 11.5. The van der Waals surface area contributed by atoms with Gasteiger partial charge in [0.15, 0.2) is 0 Å². The fourth-order valence-electron chi connectivity index (χ4n) is 1.74. The first kappa shape index (κ1) is 16.9. The van der Waals surface area contributed by atoms with E-state index in [-0.39, 0.29) is 12.3 Å². The van der Waals surface area contributed by atoms with Crippen molar-refractivity contribution < 1.29 is 14.5 Å².